The molecule has 0 aliphatic rings. The lowest BCUT2D eigenvalue weighted by Gasteiger charge is -1.62. The third kappa shape index (κ3) is 3.70. The first-order chi connectivity index (χ1) is 2.41. The Hall–Kier alpha value is -0.300. The van der Waals surface area contributed by atoms with Gasteiger partial charge in [0.2, 0.25) is 0 Å². The van der Waals surface area contributed by atoms with Crippen LogP contribution in [-0.4, -0.2) is 6.54 Å². The van der Waals surface area contributed by atoms with Crippen molar-refractivity contribution in [1.29, 1.82) is 0 Å². The van der Waals surface area contributed by atoms with Crippen LogP contribution in [0.15, 0.2) is 12.2 Å². The van der Waals surface area contributed by atoms with Gasteiger partial charge in [-0.15, -0.1) is 5.73 Å². The van der Waals surface area contributed by atoms with Crippen LogP contribution in [0.5, 0.6) is 0 Å². The van der Waals surface area contributed by atoms with Crippen molar-refractivity contribution in [3.63, 3.8) is 0 Å². The van der Waals surface area contributed by atoms with E-state index in [0.29, 0.717) is 0 Å². The molecule has 0 aromatic heterocycles. The molecule has 0 saturated heterocycles. The molecular formula is C4H7N. The highest BCUT2D eigenvalue weighted by molar-refractivity contribution is 4.76. The van der Waals surface area contributed by atoms with Crippen molar-refractivity contribution in [3.8, 4) is 0 Å². The van der Waals surface area contributed by atoms with Crippen molar-refractivity contribution in [1.82, 2.24) is 5.73 Å². The van der Waals surface area contributed by atoms with E-state index >= 15 is 0 Å². The molecule has 0 aromatic rings. The zero-order valence-corrected chi connectivity index (χ0v) is 3.31. The predicted molar refractivity (Wildman–Crippen MR) is 21.8 cm³/mol. The van der Waals surface area contributed by atoms with Crippen LogP contribution in [0.25, 0.3) is 0 Å². The van der Waals surface area contributed by atoms with Gasteiger partial charge in [-0.05, 0) is 6.92 Å². The zero-order chi connectivity index (χ0) is 4.12. The monoisotopic (exact) mass is 69.1 g/mol. The molecule has 0 N–H and O–H groups in total. The minimum atomic E-state index is 0.163. The Morgan fingerprint density at radius 3 is 2.40 bits per heavy atom. The first-order valence-electron chi connectivity index (χ1n) is 1.64. The second-order valence-electron chi connectivity index (χ2n) is 0.752. The third-order valence-electron chi connectivity index (χ3n) is 0.341. The van der Waals surface area contributed by atoms with E-state index in [-0.39, 0.29) is 6.54 Å². The number of hydrogen-bond acceptors (Lipinski definition) is 0. The van der Waals surface area contributed by atoms with E-state index in [0.717, 1.165) is 0 Å². The summed E-state index contributed by atoms with van der Waals surface area (Å²) in [6.45, 7) is 2.03. The van der Waals surface area contributed by atoms with Gasteiger partial charge >= 0.3 is 0 Å². The second-order valence-corrected chi connectivity index (χ2v) is 0.752. The molecule has 28 valence electrons. The summed E-state index contributed by atoms with van der Waals surface area (Å²) < 4.78 is 0. The molecule has 0 amide bonds. The van der Waals surface area contributed by atoms with Crippen LogP contribution < -0.4 is 5.73 Å². The van der Waals surface area contributed by atoms with Crippen molar-refractivity contribution in [2.24, 2.45) is 0 Å². The Labute approximate surface area is 32.5 Å². The van der Waals surface area contributed by atoms with Crippen molar-refractivity contribution < 1.29 is 0 Å². The normalized spacial score (nSPS) is 10.0. The molecule has 0 spiro atoms. The summed E-state index contributed by atoms with van der Waals surface area (Å²) in [5.74, 6) is 0. The van der Waals surface area contributed by atoms with E-state index in [1.165, 1.54) is 0 Å². The molecule has 0 aliphatic carbocycles. The molecule has 0 rings (SSSR count). The molecule has 0 unspecified atom stereocenters. The van der Waals surface area contributed by atoms with Gasteiger partial charge in [-0.25, -0.2) is 0 Å². The Kier molecular flexibility index (Phi) is 3.48. The van der Waals surface area contributed by atoms with Gasteiger partial charge in [0.15, 0.2) is 0 Å². The van der Waals surface area contributed by atoms with Crippen LogP contribution >= 0.6 is 0 Å². The van der Waals surface area contributed by atoms with E-state index in [1.54, 1.807) is 12.2 Å². The van der Waals surface area contributed by atoms with Crippen LogP contribution in [0.1, 0.15) is 6.92 Å². The van der Waals surface area contributed by atoms with Crippen LogP contribution in [0.4, 0.5) is 0 Å². The maximum atomic E-state index is 7.98. The van der Waals surface area contributed by atoms with Gasteiger partial charge in [0.25, 0.3) is 0 Å². The molecular weight excluding hydrogens is 62.1 g/mol. The summed E-state index contributed by atoms with van der Waals surface area (Å²) in [7, 11) is 0. The minimum absolute atomic E-state index is 0.163. The van der Waals surface area contributed by atoms with Crippen LogP contribution in [0.3, 0.4) is 0 Å². The molecule has 0 aromatic carbocycles. The summed E-state index contributed by atoms with van der Waals surface area (Å²) >= 11 is 0. The number of allylic oxidation sites excluding steroid dienone is 1. The average molecular weight is 69.1 g/mol. The van der Waals surface area contributed by atoms with Gasteiger partial charge in [0.05, 0.1) is 6.54 Å². The summed E-state index contributed by atoms with van der Waals surface area (Å²) in [4.78, 5) is 0. The topological polar surface area (TPSA) is 22.3 Å². The molecule has 0 bridgehead atoms. The lowest BCUT2D eigenvalue weighted by molar-refractivity contribution is 1.19. The second kappa shape index (κ2) is 3.70. The molecule has 1 heteroatoms. The lowest BCUT2D eigenvalue weighted by Crippen LogP contribution is -1.70. The van der Waals surface area contributed by atoms with Crippen molar-refractivity contribution in [2.45, 2.75) is 6.92 Å². The quantitative estimate of drug-likeness (QED) is 0.403. The SMILES string of the molecule is C/C=C/C[N]. The fourth-order valence-corrected chi connectivity index (χ4v) is 0.105. The first kappa shape index (κ1) is 4.70. The molecule has 0 saturated carbocycles. The van der Waals surface area contributed by atoms with Crippen molar-refractivity contribution in [3.05, 3.63) is 12.2 Å². The van der Waals surface area contributed by atoms with E-state index in [2.05, 4.69) is 0 Å². The lowest BCUT2D eigenvalue weighted by atomic mass is 10.5. The molecule has 1 nitrogen and oxygen atoms in total. The minimum Gasteiger partial charge on any atom is -0.140 e. The summed E-state index contributed by atoms with van der Waals surface area (Å²) in [5.41, 5.74) is 7.98. The number of nitrogens with zero attached hydrogens (tertiary/aromatic N) is 1. The fourth-order valence-electron chi connectivity index (χ4n) is 0.105. The third-order valence-corrected chi connectivity index (χ3v) is 0.341. The zero-order valence-electron chi connectivity index (χ0n) is 3.31. The highest BCUT2D eigenvalue weighted by Gasteiger charge is 1.54. The number of hydrogen-bond donors (Lipinski definition) is 0. The van der Waals surface area contributed by atoms with Crippen molar-refractivity contribution >= 4 is 0 Å². The highest BCUT2D eigenvalue weighted by atomic mass is 14.5. The summed E-state index contributed by atoms with van der Waals surface area (Å²) in [6, 6.07) is 0. The predicted octanol–water partition coefficient (Wildman–Crippen LogP) is 0.631. The molecule has 0 fully saturated rings. The maximum Gasteiger partial charge on any atom is 0.0502 e. The maximum absolute atomic E-state index is 7.98. The summed E-state index contributed by atoms with van der Waals surface area (Å²) in [6.07, 6.45) is 3.49. The van der Waals surface area contributed by atoms with E-state index < -0.39 is 0 Å². The van der Waals surface area contributed by atoms with E-state index in [1.807, 2.05) is 6.92 Å². The van der Waals surface area contributed by atoms with Gasteiger partial charge in [-0.3, -0.25) is 0 Å². The van der Waals surface area contributed by atoms with E-state index in [4.69, 9.17) is 5.73 Å². The number of rotatable bonds is 1. The molecule has 2 radical (unpaired) electrons. The average Bonchev–Trinajstić information content (AvgIpc) is 1.41. The Balaban J connectivity index is 2.62. The Morgan fingerprint density at radius 1 is 1.80 bits per heavy atom. The van der Waals surface area contributed by atoms with Gasteiger partial charge in [0.1, 0.15) is 0 Å². The summed E-state index contributed by atoms with van der Waals surface area (Å²) in [5, 5.41) is 0. The van der Waals surface area contributed by atoms with Crippen LogP contribution in [0, 0.1) is 0 Å². The highest BCUT2D eigenvalue weighted by Crippen LogP contribution is 1.59. The fraction of sp³-hybridized carbons (Fsp3) is 0.500. The van der Waals surface area contributed by atoms with Gasteiger partial charge < -0.3 is 0 Å². The van der Waals surface area contributed by atoms with Gasteiger partial charge in [-0.1, -0.05) is 12.2 Å². The van der Waals surface area contributed by atoms with Gasteiger partial charge in [-0.2, -0.15) is 0 Å². The largest absolute Gasteiger partial charge is 0.140 e. The Morgan fingerprint density at radius 2 is 2.40 bits per heavy atom. The molecule has 0 atom stereocenters. The molecule has 5 heavy (non-hydrogen) atoms. The smallest absolute Gasteiger partial charge is 0.0502 e. The molecule has 0 heterocycles. The van der Waals surface area contributed by atoms with Crippen molar-refractivity contribution in [2.75, 3.05) is 6.54 Å². The van der Waals surface area contributed by atoms with E-state index in [9.17, 15) is 0 Å². The first-order valence-corrected chi connectivity index (χ1v) is 1.64. The van der Waals surface area contributed by atoms with Crippen LogP contribution in [0.2, 0.25) is 0 Å². The standard InChI is InChI=1S/C4H7N/c1-2-3-4-5/h2-3H,4H2,1H3/b3-2+. The van der Waals surface area contributed by atoms with Gasteiger partial charge in [0, 0.05) is 0 Å². The van der Waals surface area contributed by atoms with Crippen LogP contribution in [-0.2, 0) is 0 Å². The Bertz CT molecular complexity index is 30.6. The molecule has 0 aliphatic heterocycles.